The maximum Gasteiger partial charge on any atom is 0.119 e. The van der Waals surface area contributed by atoms with Crippen molar-refractivity contribution < 1.29 is 9.84 Å². The van der Waals surface area contributed by atoms with Crippen molar-refractivity contribution in [3.8, 4) is 5.75 Å². The molecule has 0 fully saturated rings. The normalized spacial score (nSPS) is 10.7. The maximum atomic E-state index is 8.72. The highest BCUT2D eigenvalue weighted by Crippen LogP contribution is 2.14. The summed E-state index contributed by atoms with van der Waals surface area (Å²) in [5.74, 6) is 0.900. The highest BCUT2D eigenvalue weighted by atomic mass is 16.5. The molecule has 0 amide bonds. The molecular weight excluding hydrogens is 286 g/mol. The van der Waals surface area contributed by atoms with Gasteiger partial charge in [-0.25, -0.2) is 0 Å². The van der Waals surface area contributed by atoms with Crippen molar-refractivity contribution in [1.82, 2.24) is 5.32 Å². The van der Waals surface area contributed by atoms with Gasteiger partial charge in [0, 0.05) is 13.2 Å². The van der Waals surface area contributed by atoms with E-state index in [1.54, 1.807) is 0 Å². The third kappa shape index (κ3) is 6.85. The van der Waals surface area contributed by atoms with Crippen LogP contribution >= 0.6 is 0 Å². The predicted molar refractivity (Wildman–Crippen MR) is 94.6 cm³/mol. The summed E-state index contributed by atoms with van der Waals surface area (Å²) < 4.78 is 5.81. The molecule has 0 atom stereocenters. The van der Waals surface area contributed by atoms with Gasteiger partial charge in [0.25, 0.3) is 0 Å². The van der Waals surface area contributed by atoms with Crippen LogP contribution in [0, 0.1) is 6.92 Å². The Morgan fingerprint density at radius 1 is 0.870 bits per heavy atom. The smallest absolute Gasteiger partial charge is 0.119 e. The van der Waals surface area contributed by atoms with Gasteiger partial charge in [-0.2, -0.15) is 0 Å². The minimum absolute atomic E-state index is 0.296. The summed E-state index contributed by atoms with van der Waals surface area (Å²) in [5.41, 5.74) is 3.71. The number of ether oxygens (including phenoxy) is 1. The lowest BCUT2D eigenvalue weighted by Gasteiger charge is -2.08. The molecule has 0 aliphatic carbocycles. The van der Waals surface area contributed by atoms with Crippen molar-refractivity contribution in [3.63, 3.8) is 0 Å². The molecule has 0 unspecified atom stereocenters. The fraction of sp³-hybridized carbons (Fsp3) is 0.400. The van der Waals surface area contributed by atoms with Gasteiger partial charge >= 0.3 is 0 Å². The molecule has 2 aromatic rings. The second kappa shape index (κ2) is 10.0. The zero-order chi connectivity index (χ0) is 16.3. The van der Waals surface area contributed by atoms with E-state index in [2.05, 4.69) is 48.6 Å². The summed E-state index contributed by atoms with van der Waals surface area (Å²) in [5, 5.41) is 12.1. The van der Waals surface area contributed by atoms with Gasteiger partial charge in [-0.05, 0) is 56.0 Å². The summed E-state index contributed by atoms with van der Waals surface area (Å²) in [4.78, 5) is 0. The zero-order valence-corrected chi connectivity index (χ0v) is 13.9. The van der Waals surface area contributed by atoms with E-state index < -0.39 is 0 Å². The van der Waals surface area contributed by atoms with Crippen LogP contribution in [0.15, 0.2) is 48.5 Å². The topological polar surface area (TPSA) is 41.5 Å². The molecule has 0 saturated carbocycles. The van der Waals surface area contributed by atoms with Crippen LogP contribution in [-0.4, -0.2) is 18.3 Å². The van der Waals surface area contributed by atoms with Crippen LogP contribution < -0.4 is 10.1 Å². The molecule has 2 N–H and O–H groups in total. The molecule has 2 rings (SSSR count). The Morgan fingerprint density at radius 3 is 2.26 bits per heavy atom. The molecule has 0 saturated heterocycles. The van der Waals surface area contributed by atoms with E-state index in [0.29, 0.717) is 13.2 Å². The molecule has 23 heavy (non-hydrogen) atoms. The minimum atomic E-state index is 0.296. The van der Waals surface area contributed by atoms with Gasteiger partial charge in [-0.15, -0.1) is 0 Å². The van der Waals surface area contributed by atoms with E-state index in [-0.39, 0.29) is 0 Å². The molecule has 3 heteroatoms. The summed E-state index contributed by atoms with van der Waals surface area (Å²) in [6.45, 7) is 4.85. The number of aliphatic hydroxyl groups excluding tert-OH is 1. The van der Waals surface area contributed by atoms with E-state index in [0.717, 1.165) is 38.1 Å². The highest BCUT2D eigenvalue weighted by Gasteiger charge is 1.98. The van der Waals surface area contributed by atoms with E-state index >= 15 is 0 Å². The minimum Gasteiger partial charge on any atom is -0.489 e. The fourth-order valence-electron chi connectivity index (χ4n) is 2.33. The van der Waals surface area contributed by atoms with Gasteiger partial charge in [-0.3, -0.25) is 0 Å². The SMILES string of the molecule is Cc1ccc(COc2ccc(CNCCCCCO)cc2)cc1. The van der Waals surface area contributed by atoms with E-state index in [4.69, 9.17) is 9.84 Å². The van der Waals surface area contributed by atoms with Gasteiger partial charge in [0.1, 0.15) is 12.4 Å². The van der Waals surface area contributed by atoms with Crippen molar-refractivity contribution in [3.05, 3.63) is 65.2 Å². The largest absolute Gasteiger partial charge is 0.489 e. The molecule has 0 spiro atoms. The van der Waals surface area contributed by atoms with Gasteiger partial charge in [0.2, 0.25) is 0 Å². The zero-order valence-electron chi connectivity index (χ0n) is 13.9. The van der Waals surface area contributed by atoms with Crippen LogP contribution in [0.2, 0.25) is 0 Å². The van der Waals surface area contributed by atoms with Crippen LogP contribution in [0.1, 0.15) is 36.0 Å². The number of unbranched alkanes of at least 4 members (excludes halogenated alkanes) is 2. The maximum absolute atomic E-state index is 8.72. The summed E-state index contributed by atoms with van der Waals surface area (Å²) in [6, 6.07) is 16.7. The number of nitrogens with one attached hydrogen (secondary N) is 1. The summed E-state index contributed by atoms with van der Waals surface area (Å²) in [7, 11) is 0. The van der Waals surface area contributed by atoms with Crippen molar-refractivity contribution in [2.45, 2.75) is 39.3 Å². The molecule has 124 valence electrons. The first-order valence-electron chi connectivity index (χ1n) is 8.37. The van der Waals surface area contributed by atoms with Crippen LogP contribution in [0.5, 0.6) is 5.75 Å². The molecule has 0 bridgehead atoms. The Morgan fingerprint density at radius 2 is 1.57 bits per heavy atom. The third-order valence-corrected chi connectivity index (χ3v) is 3.79. The summed E-state index contributed by atoms with van der Waals surface area (Å²) in [6.07, 6.45) is 3.09. The van der Waals surface area contributed by atoms with Gasteiger partial charge in [0.05, 0.1) is 0 Å². The molecule has 0 aliphatic rings. The van der Waals surface area contributed by atoms with E-state index in [1.807, 2.05) is 12.1 Å². The van der Waals surface area contributed by atoms with Crippen LogP contribution in [-0.2, 0) is 13.2 Å². The van der Waals surface area contributed by atoms with Gasteiger partial charge in [0.15, 0.2) is 0 Å². The first-order valence-corrected chi connectivity index (χ1v) is 8.37. The van der Waals surface area contributed by atoms with E-state index in [9.17, 15) is 0 Å². The summed E-state index contributed by atoms with van der Waals surface area (Å²) >= 11 is 0. The Kier molecular flexibility index (Phi) is 7.64. The molecule has 2 aromatic carbocycles. The van der Waals surface area contributed by atoms with Crippen LogP contribution in [0.4, 0.5) is 0 Å². The average Bonchev–Trinajstić information content (AvgIpc) is 2.58. The number of aliphatic hydroxyl groups is 1. The predicted octanol–water partition coefficient (Wildman–Crippen LogP) is 3.83. The quantitative estimate of drug-likeness (QED) is 0.655. The van der Waals surface area contributed by atoms with E-state index in [1.165, 1.54) is 16.7 Å². The molecule has 0 aliphatic heterocycles. The Bertz CT molecular complexity index is 549. The number of hydrogen-bond acceptors (Lipinski definition) is 3. The molecule has 0 radical (unpaired) electrons. The fourth-order valence-corrected chi connectivity index (χ4v) is 2.33. The number of rotatable bonds is 10. The van der Waals surface area contributed by atoms with Crippen molar-refractivity contribution in [1.29, 1.82) is 0 Å². The Labute approximate surface area is 139 Å². The molecule has 0 heterocycles. The van der Waals surface area contributed by atoms with Crippen LogP contribution in [0.3, 0.4) is 0 Å². The van der Waals surface area contributed by atoms with Crippen molar-refractivity contribution in [2.24, 2.45) is 0 Å². The van der Waals surface area contributed by atoms with Crippen molar-refractivity contribution >= 4 is 0 Å². The standard InChI is InChI=1S/C20H27NO2/c1-17-5-7-19(8-6-17)16-23-20-11-9-18(10-12-20)15-21-13-3-2-4-14-22/h5-12,21-22H,2-4,13-16H2,1H3. The Hall–Kier alpha value is -1.84. The number of aryl methyl sites for hydroxylation is 1. The highest BCUT2D eigenvalue weighted by molar-refractivity contribution is 5.28. The number of benzene rings is 2. The lowest BCUT2D eigenvalue weighted by Crippen LogP contribution is -2.14. The first-order chi connectivity index (χ1) is 11.3. The third-order valence-electron chi connectivity index (χ3n) is 3.79. The lowest BCUT2D eigenvalue weighted by molar-refractivity contribution is 0.283. The molecule has 3 nitrogen and oxygen atoms in total. The second-order valence-electron chi connectivity index (χ2n) is 5.88. The number of hydrogen-bond donors (Lipinski definition) is 2. The van der Waals surface area contributed by atoms with Gasteiger partial charge in [-0.1, -0.05) is 42.0 Å². The molecular formula is C20H27NO2. The molecule has 0 aromatic heterocycles. The Balaban J connectivity index is 1.68. The monoisotopic (exact) mass is 313 g/mol. The first kappa shape index (κ1) is 17.5. The lowest BCUT2D eigenvalue weighted by atomic mass is 10.2. The van der Waals surface area contributed by atoms with Crippen molar-refractivity contribution in [2.75, 3.05) is 13.2 Å². The van der Waals surface area contributed by atoms with Gasteiger partial charge < -0.3 is 15.2 Å². The van der Waals surface area contributed by atoms with Crippen LogP contribution in [0.25, 0.3) is 0 Å². The average molecular weight is 313 g/mol. The second-order valence-corrected chi connectivity index (χ2v) is 5.88.